The smallest absolute Gasteiger partial charge is 0.182 e. The lowest BCUT2D eigenvalue weighted by Gasteiger charge is -2.35. The highest BCUT2D eigenvalue weighted by atomic mass is 16.5. The fourth-order valence-corrected chi connectivity index (χ4v) is 2.51. The SMILES string of the molecule is Cc1nc2n(c1C)C(C)(C)Oc1ccccc1-2. The standard InChI is InChI=1S/C14H16N2O/c1-9-10(2)16-13(15-9)11-7-5-6-8-12(11)17-14(16,3)4/h5-8H,1-4H3. The van der Waals surface area contributed by atoms with Crippen LogP contribution in [0.3, 0.4) is 0 Å². The average molecular weight is 228 g/mol. The van der Waals surface area contributed by atoms with Crippen LogP contribution in [0.5, 0.6) is 5.75 Å². The molecule has 0 fully saturated rings. The molecule has 0 saturated carbocycles. The van der Waals surface area contributed by atoms with Crippen LogP contribution >= 0.6 is 0 Å². The first-order chi connectivity index (χ1) is 8.00. The highest BCUT2D eigenvalue weighted by Crippen LogP contribution is 2.41. The van der Waals surface area contributed by atoms with Crippen molar-refractivity contribution in [2.24, 2.45) is 0 Å². The summed E-state index contributed by atoms with van der Waals surface area (Å²) in [6.45, 7) is 8.27. The van der Waals surface area contributed by atoms with Crippen LogP contribution in [-0.4, -0.2) is 9.55 Å². The molecule has 88 valence electrons. The molecule has 0 amide bonds. The molecule has 0 N–H and O–H groups in total. The predicted molar refractivity (Wildman–Crippen MR) is 67.1 cm³/mol. The second kappa shape index (κ2) is 3.13. The van der Waals surface area contributed by atoms with E-state index in [1.54, 1.807) is 0 Å². The Morgan fingerprint density at radius 2 is 1.88 bits per heavy atom. The molecule has 0 spiro atoms. The minimum atomic E-state index is -0.380. The number of hydrogen-bond donors (Lipinski definition) is 0. The number of para-hydroxylation sites is 1. The van der Waals surface area contributed by atoms with E-state index in [0.29, 0.717) is 0 Å². The summed E-state index contributed by atoms with van der Waals surface area (Å²) in [5.74, 6) is 1.92. The number of aromatic nitrogens is 2. The normalized spacial score (nSPS) is 16.0. The summed E-state index contributed by atoms with van der Waals surface area (Å²) >= 11 is 0. The molecule has 0 saturated heterocycles. The zero-order chi connectivity index (χ0) is 12.2. The third-order valence-corrected chi connectivity index (χ3v) is 3.37. The van der Waals surface area contributed by atoms with E-state index in [2.05, 4.69) is 36.4 Å². The minimum absolute atomic E-state index is 0.380. The van der Waals surface area contributed by atoms with Crippen molar-refractivity contribution in [1.29, 1.82) is 0 Å². The van der Waals surface area contributed by atoms with Gasteiger partial charge < -0.3 is 4.74 Å². The number of rotatable bonds is 0. The van der Waals surface area contributed by atoms with Gasteiger partial charge in [0.15, 0.2) is 5.72 Å². The maximum atomic E-state index is 6.06. The molecule has 0 unspecified atom stereocenters. The lowest BCUT2D eigenvalue weighted by Crippen LogP contribution is -2.37. The van der Waals surface area contributed by atoms with Crippen molar-refractivity contribution < 1.29 is 4.74 Å². The van der Waals surface area contributed by atoms with Crippen LogP contribution in [0.15, 0.2) is 24.3 Å². The Morgan fingerprint density at radius 1 is 1.18 bits per heavy atom. The summed E-state index contributed by atoms with van der Waals surface area (Å²) in [4.78, 5) is 4.67. The van der Waals surface area contributed by atoms with E-state index >= 15 is 0 Å². The Kier molecular flexibility index (Phi) is 1.91. The molecular weight excluding hydrogens is 212 g/mol. The molecule has 0 bridgehead atoms. The lowest BCUT2D eigenvalue weighted by atomic mass is 10.1. The van der Waals surface area contributed by atoms with Gasteiger partial charge in [0, 0.05) is 5.69 Å². The van der Waals surface area contributed by atoms with E-state index in [0.717, 1.165) is 22.8 Å². The van der Waals surface area contributed by atoms with Gasteiger partial charge in [0.05, 0.1) is 11.3 Å². The van der Waals surface area contributed by atoms with E-state index in [4.69, 9.17) is 4.74 Å². The van der Waals surface area contributed by atoms with Crippen molar-refractivity contribution in [1.82, 2.24) is 9.55 Å². The van der Waals surface area contributed by atoms with E-state index in [1.165, 1.54) is 5.69 Å². The zero-order valence-electron chi connectivity index (χ0n) is 10.6. The Balaban J connectivity index is 2.37. The number of ether oxygens (including phenoxy) is 1. The zero-order valence-corrected chi connectivity index (χ0v) is 10.6. The molecular formula is C14H16N2O. The minimum Gasteiger partial charge on any atom is -0.467 e. The van der Waals surface area contributed by atoms with Crippen molar-refractivity contribution in [2.75, 3.05) is 0 Å². The van der Waals surface area contributed by atoms with Crippen LogP contribution in [0, 0.1) is 13.8 Å². The van der Waals surface area contributed by atoms with Gasteiger partial charge in [0.1, 0.15) is 11.6 Å². The molecule has 0 aliphatic carbocycles. The van der Waals surface area contributed by atoms with Gasteiger partial charge in [-0.3, -0.25) is 4.57 Å². The van der Waals surface area contributed by atoms with Crippen molar-refractivity contribution in [3.05, 3.63) is 35.7 Å². The van der Waals surface area contributed by atoms with Gasteiger partial charge in [-0.1, -0.05) is 12.1 Å². The summed E-state index contributed by atoms with van der Waals surface area (Å²) in [6.07, 6.45) is 0. The molecule has 0 atom stereocenters. The molecule has 1 aliphatic rings. The molecule has 1 aliphatic heterocycles. The first kappa shape index (κ1) is 10.4. The largest absolute Gasteiger partial charge is 0.467 e. The highest BCUT2D eigenvalue weighted by Gasteiger charge is 2.34. The van der Waals surface area contributed by atoms with Crippen molar-refractivity contribution in [3.63, 3.8) is 0 Å². The topological polar surface area (TPSA) is 27.1 Å². The van der Waals surface area contributed by atoms with Crippen LogP contribution in [0.1, 0.15) is 25.2 Å². The van der Waals surface area contributed by atoms with Gasteiger partial charge in [0.25, 0.3) is 0 Å². The average Bonchev–Trinajstić information content (AvgIpc) is 2.56. The van der Waals surface area contributed by atoms with Crippen LogP contribution < -0.4 is 4.74 Å². The van der Waals surface area contributed by atoms with Gasteiger partial charge in [0.2, 0.25) is 0 Å². The first-order valence-corrected chi connectivity index (χ1v) is 5.85. The van der Waals surface area contributed by atoms with E-state index in [9.17, 15) is 0 Å². The number of benzene rings is 1. The quantitative estimate of drug-likeness (QED) is 0.692. The molecule has 1 aromatic carbocycles. The van der Waals surface area contributed by atoms with Crippen molar-refractivity contribution >= 4 is 0 Å². The van der Waals surface area contributed by atoms with Gasteiger partial charge in [-0.15, -0.1) is 0 Å². The number of imidazole rings is 1. The van der Waals surface area contributed by atoms with Crippen LogP contribution in [0.4, 0.5) is 0 Å². The third kappa shape index (κ3) is 1.32. The fourth-order valence-electron chi connectivity index (χ4n) is 2.51. The van der Waals surface area contributed by atoms with Gasteiger partial charge in [-0.25, -0.2) is 4.98 Å². The van der Waals surface area contributed by atoms with Gasteiger partial charge in [-0.2, -0.15) is 0 Å². The molecule has 2 aromatic rings. The molecule has 3 rings (SSSR count). The molecule has 3 nitrogen and oxygen atoms in total. The molecule has 3 heteroatoms. The van der Waals surface area contributed by atoms with E-state index < -0.39 is 0 Å². The van der Waals surface area contributed by atoms with Crippen LogP contribution in [-0.2, 0) is 5.72 Å². The monoisotopic (exact) mass is 228 g/mol. The second-order valence-electron chi connectivity index (χ2n) is 4.99. The van der Waals surface area contributed by atoms with Gasteiger partial charge in [-0.05, 0) is 39.8 Å². The lowest BCUT2D eigenvalue weighted by molar-refractivity contribution is 0.0245. The number of fused-ring (bicyclic) bond motifs is 3. The van der Waals surface area contributed by atoms with E-state index in [1.807, 2.05) is 25.1 Å². The van der Waals surface area contributed by atoms with Crippen molar-refractivity contribution in [3.8, 4) is 17.1 Å². The summed E-state index contributed by atoms with van der Waals surface area (Å²) in [7, 11) is 0. The highest BCUT2D eigenvalue weighted by molar-refractivity contribution is 5.67. The Hall–Kier alpha value is -1.77. The number of aryl methyl sites for hydroxylation is 1. The summed E-state index contributed by atoms with van der Waals surface area (Å²) in [6, 6.07) is 8.07. The summed E-state index contributed by atoms with van der Waals surface area (Å²) in [5, 5.41) is 0. The predicted octanol–water partition coefficient (Wildman–Crippen LogP) is 3.25. The van der Waals surface area contributed by atoms with Crippen LogP contribution in [0.25, 0.3) is 11.4 Å². The summed E-state index contributed by atoms with van der Waals surface area (Å²) < 4.78 is 8.23. The van der Waals surface area contributed by atoms with Crippen molar-refractivity contribution in [2.45, 2.75) is 33.4 Å². The van der Waals surface area contributed by atoms with Crippen LogP contribution in [0.2, 0.25) is 0 Å². The van der Waals surface area contributed by atoms with E-state index in [-0.39, 0.29) is 5.72 Å². The second-order valence-corrected chi connectivity index (χ2v) is 4.99. The summed E-state index contributed by atoms with van der Waals surface area (Å²) in [5.41, 5.74) is 2.92. The maximum absolute atomic E-state index is 6.06. The Bertz CT molecular complexity index is 596. The Morgan fingerprint density at radius 3 is 2.65 bits per heavy atom. The Labute approximate surface area is 101 Å². The van der Waals surface area contributed by atoms with Gasteiger partial charge >= 0.3 is 0 Å². The number of nitrogens with zero attached hydrogens (tertiary/aromatic N) is 2. The third-order valence-electron chi connectivity index (χ3n) is 3.37. The number of hydrogen-bond acceptors (Lipinski definition) is 2. The molecule has 1 aromatic heterocycles. The maximum Gasteiger partial charge on any atom is 0.182 e. The molecule has 2 heterocycles. The first-order valence-electron chi connectivity index (χ1n) is 5.85. The molecule has 17 heavy (non-hydrogen) atoms. The fraction of sp³-hybridized carbons (Fsp3) is 0.357. The molecule has 0 radical (unpaired) electrons.